The van der Waals surface area contributed by atoms with E-state index in [4.69, 9.17) is 4.74 Å². The highest BCUT2D eigenvalue weighted by Gasteiger charge is 2.43. The van der Waals surface area contributed by atoms with Crippen molar-refractivity contribution in [1.29, 1.82) is 0 Å². The minimum absolute atomic E-state index is 0.258. The highest BCUT2D eigenvalue weighted by Crippen LogP contribution is 2.21. The highest BCUT2D eigenvalue weighted by molar-refractivity contribution is 5.76. The van der Waals surface area contributed by atoms with Crippen LogP contribution in [-0.4, -0.2) is 91.9 Å². The van der Waals surface area contributed by atoms with Gasteiger partial charge in [-0.1, -0.05) is 116 Å². The molecule has 9 nitrogen and oxygen atoms in total. The number of aliphatic hydroxyl groups excluding tert-OH is 6. The fraction of sp³-hybridized carbons (Fsp3) is 0.903. The van der Waals surface area contributed by atoms with E-state index in [1.54, 1.807) is 0 Å². The first-order valence-electron chi connectivity index (χ1n) is 15.7. The molecule has 1 rings (SSSR count). The van der Waals surface area contributed by atoms with Crippen LogP contribution in [0.2, 0.25) is 0 Å². The van der Waals surface area contributed by atoms with Crippen LogP contribution < -0.4 is 5.32 Å². The van der Waals surface area contributed by atoms with Crippen molar-refractivity contribution < 1.29 is 40.2 Å². The smallest absolute Gasteiger partial charge is 0.221 e. The average Bonchev–Trinajstić information content (AvgIpc) is 2.95. The fourth-order valence-corrected chi connectivity index (χ4v) is 4.97. The number of ether oxygens (including phenoxy) is 1. The van der Waals surface area contributed by atoms with Crippen LogP contribution in [-0.2, 0) is 9.53 Å². The van der Waals surface area contributed by atoms with E-state index in [2.05, 4.69) is 24.1 Å². The summed E-state index contributed by atoms with van der Waals surface area (Å²) in [5.74, 6) is 5.01. The second-order valence-corrected chi connectivity index (χ2v) is 11.3. The third kappa shape index (κ3) is 14.6. The highest BCUT2D eigenvalue weighted by atomic mass is 16.5. The van der Waals surface area contributed by atoms with Crippen LogP contribution in [0.15, 0.2) is 0 Å². The molecule has 8 atom stereocenters. The SMILES string of the molecule is CCCCCCCCCCCCCC[C@H](O)[C@@H](O)[C@H](C#C[C@@H]1OC(CO)[C@H](O)[C@H](O)C1O)NC(=O)CCCCC. The summed E-state index contributed by atoms with van der Waals surface area (Å²) in [5.41, 5.74) is 0. The summed E-state index contributed by atoms with van der Waals surface area (Å²) < 4.78 is 5.41. The summed E-state index contributed by atoms with van der Waals surface area (Å²) in [6, 6.07) is -1.12. The van der Waals surface area contributed by atoms with E-state index < -0.39 is 55.4 Å². The third-order valence-corrected chi connectivity index (χ3v) is 7.69. The van der Waals surface area contributed by atoms with Crippen molar-refractivity contribution in [2.24, 2.45) is 0 Å². The zero-order chi connectivity index (χ0) is 29.8. The normalized spacial score (nSPS) is 25.1. The lowest BCUT2D eigenvalue weighted by atomic mass is 9.94. The second-order valence-electron chi connectivity index (χ2n) is 11.3. The number of carbonyl (C=O) groups excluding carboxylic acids is 1. The predicted octanol–water partition coefficient (Wildman–Crippen LogP) is 2.71. The first-order valence-corrected chi connectivity index (χ1v) is 15.7. The maximum Gasteiger partial charge on any atom is 0.221 e. The number of hydrogen-bond donors (Lipinski definition) is 7. The monoisotopic (exact) mass is 571 g/mol. The fourth-order valence-electron chi connectivity index (χ4n) is 4.97. The van der Waals surface area contributed by atoms with Gasteiger partial charge in [0.25, 0.3) is 0 Å². The van der Waals surface area contributed by atoms with Crippen LogP contribution >= 0.6 is 0 Å². The van der Waals surface area contributed by atoms with Gasteiger partial charge < -0.3 is 40.7 Å². The van der Waals surface area contributed by atoms with Gasteiger partial charge in [-0.25, -0.2) is 0 Å². The van der Waals surface area contributed by atoms with Crippen LogP contribution in [0, 0.1) is 11.8 Å². The molecule has 1 aliphatic rings. The quantitative estimate of drug-likeness (QED) is 0.0818. The number of carbonyl (C=O) groups is 1. The number of nitrogens with one attached hydrogen (secondary N) is 1. The average molecular weight is 572 g/mol. The topological polar surface area (TPSA) is 160 Å². The molecule has 2 unspecified atom stereocenters. The van der Waals surface area contributed by atoms with Crippen LogP contribution in [0.25, 0.3) is 0 Å². The molecule has 9 heteroatoms. The molecule has 0 aromatic carbocycles. The summed E-state index contributed by atoms with van der Waals surface area (Å²) >= 11 is 0. The molecule has 1 aliphatic heterocycles. The molecule has 0 saturated carbocycles. The Hall–Kier alpha value is -1.25. The van der Waals surface area contributed by atoms with E-state index in [0.717, 1.165) is 38.5 Å². The summed E-state index contributed by atoms with van der Waals surface area (Å²) in [5, 5.41) is 63.9. The Kier molecular flexibility index (Phi) is 20.6. The van der Waals surface area contributed by atoms with Gasteiger partial charge in [-0.2, -0.15) is 0 Å². The van der Waals surface area contributed by atoms with Gasteiger partial charge in [-0.05, 0) is 12.8 Å². The summed E-state index contributed by atoms with van der Waals surface area (Å²) in [6.07, 6.45) is 8.00. The zero-order valence-electron chi connectivity index (χ0n) is 24.8. The molecular formula is C31H57NO8. The van der Waals surface area contributed by atoms with Crippen molar-refractivity contribution in [3.05, 3.63) is 0 Å². The molecule has 0 spiro atoms. The van der Waals surface area contributed by atoms with Crippen LogP contribution in [0.1, 0.15) is 123 Å². The first kappa shape index (κ1) is 36.8. The number of unbranched alkanes of at least 4 members (excludes halogenated alkanes) is 13. The predicted molar refractivity (Wildman–Crippen MR) is 155 cm³/mol. The Morgan fingerprint density at radius 2 is 1.30 bits per heavy atom. The van der Waals surface area contributed by atoms with Gasteiger partial charge in [-0.3, -0.25) is 4.79 Å². The molecular weight excluding hydrogens is 514 g/mol. The third-order valence-electron chi connectivity index (χ3n) is 7.69. The van der Waals surface area contributed by atoms with Gasteiger partial charge in [0.2, 0.25) is 5.91 Å². The maximum atomic E-state index is 12.5. The Labute approximate surface area is 241 Å². The first-order chi connectivity index (χ1) is 19.3. The molecule has 1 heterocycles. The lowest BCUT2D eigenvalue weighted by Crippen LogP contribution is -2.58. The van der Waals surface area contributed by atoms with E-state index in [0.29, 0.717) is 12.8 Å². The number of aliphatic hydroxyl groups is 6. The van der Waals surface area contributed by atoms with Crippen molar-refractivity contribution in [2.75, 3.05) is 6.61 Å². The lowest BCUT2D eigenvalue weighted by Gasteiger charge is -2.38. The standard InChI is InChI=1S/C31H57NO8/c1-3-5-7-8-9-10-11-12-13-14-15-17-18-24(34)28(36)23(32-27(35)19-16-6-4-2)20-21-25-29(37)31(39)30(38)26(22-33)40-25/h23-26,28-31,33-34,36-39H,3-19,22H2,1-2H3,(H,32,35)/t23-,24-,25-,26?,28-,29?,30-,31+/m0/s1. The van der Waals surface area contributed by atoms with E-state index in [-0.39, 0.29) is 12.3 Å². The van der Waals surface area contributed by atoms with Crippen LogP contribution in [0.3, 0.4) is 0 Å². The molecule has 0 aliphatic carbocycles. The Bertz CT molecular complexity index is 709. The molecule has 0 aromatic rings. The number of hydrogen-bond acceptors (Lipinski definition) is 8. The largest absolute Gasteiger partial charge is 0.394 e. The van der Waals surface area contributed by atoms with Crippen LogP contribution in [0.4, 0.5) is 0 Å². The van der Waals surface area contributed by atoms with Gasteiger partial charge >= 0.3 is 0 Å². The summed E-state index contributed by atoms with van der Waals surface area (Å²) in [6.45, 7) is 3.68. The molecule has 1 fully saturated rings. The molecule has 7 N–H and O–H groups in total. The van der Waals surface area contributed by atoms with Crippen molar-refractivity contribution in [2.45, 2.75) is 172 Å². The Balaban J connectivity index is 2.59. The van der Waals surface area contributed by atoms with E-state index in [1.807, 2.05) is 6.92 Å². The van der Waals surface area contributed by atoms with Crippen LogP contribution in [0.5, 0.6) is 0 Å². The van der Waals surface area contributed by atoms with Gasteiger partial charge in [0, 0.05) is 6.42 Å². The van der Waals surface area contributed by atoms with Gasteiger partial charge in [0.1, 0.15) is 42.7 Å². The lowest BCUT2D eigenvalue weighted by molar-refractivity contribution is -0.214. The van der Waals surface area contributed by atoms with Crippen molar-refractivity contribution in [3.8, 4) is 11.8 Å². The van der Waals surface area contributed by atoms with Crippen molar-refractivity contribution in [3.63, 3.8) is 0 Å². The second kappa shape index (κ2) is 22.4. The zero-order valence-corrected chi connectivity index (χ0v) is 24.8. The molecule has 0 bridgehead atoms. The van der Waals surface area contributed by atoms with E-state index in [1.165, 1.54) is 51.4 Å². The Morgan fingerprint density at radius 3 is 1.85 bits per heavy atom. The molecule has 234 valence electrons. The molecule has 1 saturated heterocycles. The maximum absolute atomic E-state index is 12.5. The molecule has 0 aromatic heterocycles. The van der Waals surface area contributed by atoms with E-state index in [9.17, 15) is 35.4 Å². The number of amides is 1. The van der Waals surface area contributed by atoms with Gasteiger partial charge in [-0.15, -0.1) is 0 Å². The Morgan fingerprint density at radius 1 is 0.775 bits per heavy atom. The number of rotatable bonds is 21. The summed E-state index contributed by atoms with van der Waals surface area (Å²) in [7, 11) is 0. The minimum Gasteiger partial charge on any atom is -0.394 e. The minimum atomic E-state index is -1.58. The molecule has 40 heavy (non-hydrogen) atoms. The van der Waals surface area contributed by atoms with Gasteiger partial charge in [0.05, 0.1) is 12.7 Å². The molecule has 1 amide bonds. The van der Waals surface area contributed by atoms with Crippen molar-refractivity contribution in [1.82, 2.24) is 5.32 Å². The van der Waals surface area contributed by atoms with Crippen molar-refractivity contribution >= 4 is 5.91 Å². The van der Waals surface area contributed by atoms with E-state index >= 15 is 0 Å². The van der Waals surface area contributed by atoms with Gasteiger partial charge in [0.15, 0.2) is 0 Å². The molecule has 0 radical (unpaired) electrons. The summed E-state index contributed by atoms with van der Waals surface area (Å²) in [4.78, 5) is 12.5.